The summed E-state index contributed by atoms with van der Waals surface area (Å²) in [5.74, 6) is -1.18. The number of hydrogen-bond donors (Lipinski definition) is 0. The lowest BCUT2D eigenvalue weighted by Crippen LogP contribution is -2.53. The second kappa shape index (κ2) is 12.1. The molecule has 0 bridgehead atoms. The van der Waals surface area contributed by atoms with Crippen molar-refractivity contribution in [2.45, 2.75) is 65.2 Å². The lowest BCUT2D eigenvalue weighted by atomic mass is 9.83. The third-order valence-corrected chi connectivity index (χ3v) is 10.9. The summed E-state index contributed by atoms with van der Waals surface area (Å²) in [5.41, 5.74) is 8.51. The number of fused-ring (bicyclic) bond motifs is 2. The second-order valence-corrected chi connectivity index (χ2v) is 14.7. The van der Waals surface area contributed by atoms with E-state index in [9.17, 15) is 14.4 Å². The Morgan fingerprint density at radius 2 is 1.04 bits per heavy atom. The second-order valence-electron chi connectivity index (χ2n) is 13.8. The zero-order valence-corrected chi connectivity index (χ0v) is 30.4. The van der Waals surface area contributed by atoms with E-state index >= 15 is 0 Å². The van der Waals surface area contributed by atoms with Crippen molar-refractivity contribution in [1.29, 1.82) is 0 Å². The first-order chi connectivity index (χ1) is 22.6. The van der Waals surface area contributed by atoms with Crippen LogP contribution in [0, 0.1) is 0 Å². The molecule has 9 heteroatoms. The molecule has 0 spiro atoms. The lowest BCUT2D eigenvalue weighted by molar-refractivity contribution is -0.134. The van der Waals surface area contributed by atoms with Crippen molar-refractivity contribution >= 4 is 52.4 Å². The van der Waals surface area contributed by atoms with E-state index < -0.39 is 17.8 Å². The molecule has 0 atom stereocenters. The van der Waals surface area contributed by atoms with Gasteiger partial charge in [0.05, 0.1) is 0 Å². The number of rotatable bonds is 4. The maximum Gasteiger partial charge on any atom is 0.333 e. The van der Waals surface area contributed by atoms with Crippen LogP contribution in [0.2, 0.25) is 10.0 Å². The third-order valence-electron chi connectivity index (χ3n) is 10.4. The van der Waals surface area contributed by atoms with Crippen LogP contribution in [0.15, 0.2) is 94.4 Å². The van der Waals surface area contributed by atoms with E-state index in [1.807, 2.05) is 24.3 Å². The number of amides is 4. The molecule has 6 rings (SSSR count). The van der Waals surface area contributed by atoms with Crippen LogP contribution in [0.3, 0.4) is 0 Å². The standard InChI is InChI=1S/C39H42Cl2N4O3/c1-9-44-29-17-15-25(40)21-27(29)38(3,4)31(44)19-13-23-11-12-24(33(23)34-35(46)42(7)37(48)43(8)36(34)47)14-20-32-39(5,6)28-22-26(41)16-18-30(28)45(32)10-2/h13-22H,9-12H2,1-8H3/b23-13-,24-14+,31-19+,32-20+. The number of halogens is 2. The zero-order valence-electron chi connectivity index (χ0n) is 28.9. The summed E-state index contributed by atoms with van der Waals surface area (Å²) in [4.78, 5) is 46.8. The highest BCUT2D eigenvalue weighted by Gasteiger charge is 2.43. The Bertz CT molecular complexity index is 1800. The number of imide groups is 2. The molecule has 250 valence electrons. The minimum atomic E-state index is -0.641. The molecule has 4 aliphatic rings. The van der Waals surface area contributed by atoms with Gasteiger partial charge in [-0.3, -0.25) is 19.4 Å². The first-order valence-corrected chi connectivity index (χ1v) is 17.2. The molecule has 2 aromatic rings. The van der Waals surface area contributed by atoms with Crippen LogP contribution in [-0.4, -0.2) is 54.8 Å². The predicted molar refractivity (Wildman–Crippen MR) is 195 cm³/mol. The number of allylic oxidation sites excluding steroid dienone is 9. The number of nitrogens with zero attached hydrogens (tertiary/aromatic N) is 4. The van der Waals surface area contributed by atoms with Crippen LogP contribution in [0.5, 0.6) is 0 Å². The van der Waals surface area contributed by atoms with Crippen molar-refractivity contribution in [2.24, 2.45) is 0 Å². The summed E-state index contributed by atoms with van der Waals surface area (Å²) >= 11 is 12.9. The van der Waals surface area contributed by atoms with Crippen LogP contribution < -0.4 is 9.80 Å². The van der Waals surface area contributed by atoms with Crippen molar-refractivity contribution < 1.29 is 14.4 Å². The van der Waals surface area contributed by atoms with Gasteiger partial charge >= 0.3 is 6.03 Å². The Labute approximate surface area is 293 Å². The molecule has 2 aromatic carbocycles. The fourth-order valence-electron chi connectivity index (χ4n) is 7.76. The van der Waals surface area contributed by atoms with Gasteiger partial charge in [-0.1, -0.05) is 63.0 Å². The fraction of sp³-hybridized carbons (Fsp3) is 0.359. The molecule has 7 nitrogen and oxygen atoms in total. The van der Waals surface area contributed by atoms with E-state index in [0.717, 1.165) is 67.9 Å². The lowest BCUT2D eigenvalue weighted by Gasteiger charge is -2.30. The van der Waals surface area contributed by atoms with E-state index in [4.69, 9.17) is 23.2 Å². The maximum absolute atomic E-state index is 13.7. The van der Waals surface area contributed by atoms with E-state index in [-0.39, 0.29) is 16.4 Å². The van der Waals surface area contributed by atoms with Crippen LogP contribution in [0.4, 0.5) is 16.2 Å². The molecule has 1 saturated heterocycles. The summed E-state index contributed by atoms with van der Waals surface area (Å²) in [6.07, 6.45) is 9.62. The summed E-state index contributed by atoms with van der Waals surface area (Å²) in [6.45, 7) is 14.5. The molecular formula is C39H42Cl2N4O3. The van der Waals surface area contributed by atoms with Gasteiger partial charge in [-0.15, -0.1) is 0 Å². The summed E-state index contributed by atoms with van der Waals surface area (Å²) < 4.78 is 0. The fourth-order valence-corrected chi connectivity index (χ4v) is 8.10. The van der Waals surface area contributed by atoms with Crippen LogP contribution >= 0.6 is 23.2 Å². The maximum atomic E-state index is 13.7. The number of anilines is 2. The van der Waals surface area contributed by atoms with Crippen LogP contribution in [0.25, 0.3) is 0 Å². The molecule has 48 heavy (non-hydrogen) atoms. The van der Waals surface area contributed by atoms with Gasteiger partial charge in [-0.2, -0.15) is 0 Å². The Kier molecular flexibility index (Phi) is 8.54. The van der Waals surface area contributed by atoms with Crippen molar-refractivity contribution in [1.82, 2.24) is 9.80 Å². The molecule has 0 N–H and O–H groups in total. The van der Waals surface area contributed by atoms with Gasteiger partial charge in [0, 0.05) is 70.8 Å². The third kappa shape index (κ3) is 5.14. The minimum absolute atomic E-state index is 0.0209. The summed E-state index contributed by atoms with van der Waals surface area (Å²) in [5, 5.41) is 1.39. The zero-order chi connectivity index (χ0) is 34.9. The Hall–Kier alpha value is -4.07. The number of urea groups is 1. The monoisotopic (exact) mass is 684 g/mol. The number of hydrogen-bond acceptors (Lipinski definition) is 5. The first kappa shape index (κ1) is 33.8. The van der Waals surface area contributed by atoms with Gasteiger partial charge in [0.1, 0.15) is 5.57 Å². The molecule has 1 aliphatic carbocycles. The molecule has 1 saturated carbocycles. The minimum Gasteiger partial charge on any atom is -0.344 e. The molecule has 0 aromatic heterocycles. The molecular weight excluding hydrogens is 643 g/mol. The largest absolute Gasteiger partial charge is 0.344 e. The van der Waals surface area contributed by atoms with Gasteiger partial charge in [-0.25, -0.2) is 4.79 Å². The highest BCUT2D eigenvalue weighted by Crippen LogP contribution is 2.50. The van der Waals surface area contributed by atoms with Gasteiger partial charge in [-0.05, 0) is 103 Å². The summed E-state index contributed by atoms with van der Waals surface area (Å²) in [7, 11) is 2.84. The number of carbonyl (C=O) groups is 3. The van der Waals surface area contributed by atoms with E-state index in [0.29, 0.717) is 28.5 Å². The smallest absolute Gasteiger partial charge is 0.333 e. The number of likely N-dealkylation sites (N-methyl/N-ethyl adjacent to an activating group) is 4. The van der Waals surface area contributed by atoms with E-state index in [2.05, 4.69) is 87.8 Å². The van der Waals surface area contributed by atoms with E-state index in [1.54, 1.807) is 0 Å². The number of benzene rings is 2. The van der Waals surface area contributed by atoms with Crippen molar-refractivity contribution in [3.8, 4) is 0 Å². The van der Waals surface area contributed by atoms with Crippen LogP contribution in [0.1, 0.15) is 65.5 Å². The molecule has 3 aliphatic heterocycles. The summed E-state index contributed by atoms with van der Waals surface area (Å²) in [6, 6.07) is 11.4. The predicted octanol–water partition coefficient (Wildman–Crippen LogP) is 8.69. The van der Waals surface area contributed by atoms with Gasteiger partial charge in [0.15, 0.2) is 0 Å². The average molecular weight is 686 g/mol. The SMILES string of the molecule is CCN1/C(=C/C=C2/CC/C(=C\C=C3\N(CC)c4ccc(Cl)cc4C3(C)C)C2=C2C(=O)N(C)C(=O)N(C)C2=O)C(C)(C)c2cc(Cl)ccc21. The Morgan fingerprint density at radius 1 is 0.646 bits per heavy atom. The molecule has 4 amide bonds. The highest BCUT2D eigenvalue weighted by molar-refractivity contribution is 6.31. The average Bonchev–Trinajstić information content (AvgIpc) is 3.61. The van der Waals surface area contributed by atoms with Crippen LogP contribution in [-0.2, 0) is 20.4 Å². The quantitative estimate of drug-likeness (QED) is 0.238. The molecule has 0 unspecified atom stereocenters. The van der Waals surface area contributed by atoms with Gasteiger partial charge in [0.2, 0.25) is 0 Å². The normalized spacial score (nSPS) is 23.6. The molecule has 0 radical (unpaired) electrons. The number of carbonyl (C=O) groups excluding carboxylic acids is 3. The Balaban J connectivity index is 1.51. The van der Waals surface area contributed by atoms with Gasteiger partial charge < -0.3 is 9.80 Å². The van der Waals surface area contributed by atoms with Crippen molar-refractivity contribution in [3.63, 3.8) is 0 Å². The van der Waals surface area contributed by atoms with Crippen molar-refractivity contribution in [2.75, 3.05) is 37.0 Å². The first-order valence-electron chi connectivity index (χ1n) is 16.5. The topological polar surface area (TPSA) is 64.2 Å². The van der Waals surface area contributed by atoms with Crippen molar-refractivity contribution in [3.05, 3.63) is 116 Å². The highest BCUT2D eigenvalue weighted by atomic mass is 35.5. The van der Waals surface area contributed by atoms with Gasteiger partial charge in [0.25, 0.3) is 11.8 Å². The molecule has 2 fully saturated rings. The Morgan fingerprint density at radius 3 is 1.42 bits per heavy atom. The number of barbiturate groups is 1. The van der Waals surface area contributed by atoms with E-state index in [1.165, 1.54) is 14.1 Å². The molecule has 3 heterocycles.